The van der Waals surface area contributed by atoms with Gasteiger partial charge in [0.2, 0.25) is 0 Å². The number of phosphoric ester groups is 2. The topological polar surface area (TPSA) is 535 Å². The average Bonchev–Trinajstić information content (AvgIpc) is 3.95. The van der Waals surface area contributed by atoms with Crippen molar-refractivity contribution < 1.29 is 165 Å². The molecular weight excluding hydrogens is 1320 g/mol. The van der Waals surface area contributed by atoms with Crippen molar-refractivity contribution in [1.29, 1.82) is 0 Å². The van der Waals surface area contributed by atoms with E-state index < -0.39 is 198 Å². The summed E-state index contributed by atoms with van der Waals surface area (Å²) in [5, 5.41) is 144. The molecule has 3 heterocycles. The Morgan fingerprint density at radius 1 is 0.493 bits per heavy atom. The minimum Gasteiger partial charge on any atom is -0.394 e. The summed E-state index contributed by atoms with van der Waals surface area (Å²) in [4.78, 5) is 27.9. The van der Waals surface area contributed by atoms with Gasteiger partial charge in [-0.25, -0.2) is 9.13 Å². The van der Waals surface area contributed by atoms with Gasteiger partial charge in [0.25, 0.3) is 0 Å². The average molecular weight is 1400 g/mol. The fourth-order valence-corrected chi connectivity index (χ4v) is 8.51. The molecule has 39 heteroatoms. The summed E-state index contributed by atoms with van der Waals surface area (Å²) in [5.74, 6) is 0. The Labute approximate surface area is 453 Å². The van der Waals surface area contributed by atoms with Crippen LogP contribution in [0, 0.1) is 0 Å². The maximum atomic E-state index is 11.9. The lowest BCUT2D eigenvalue weighted by atomic mass is 10.1. The summed E-state index contributed by atoms with van der Waals surface area (Å²) in [7, 11) is -8.18. The van der Waals surface area contributed by atoms with Crippen LogP contribution in [0.3, 0.4) is 0 Å². The second kappa shape index (κ2) is 37.9. The predicted octanol–water partition coefficient (Wildman–Crippen LogP) is -6.92. The molecule has 24 atom stereocenters. The zero-order valence-corrected chi connectivity index (χ0v) is 48.2. The fraction of sp³-hybridized carbons (Fsp3) is 1.00. The van der Waals surface area contributed by atoms with E-state index in [1.54, 1.807) is 0 Å². The number of hydrogen-bond acceptors (Lipinski definition) is 31. The molecule has 3 fully saturated rings. The normalized spacial score (nSPS) is 32.7. The Kier molecular flexibility index (Phi) is 38.4. The number of halogens is 2. The number of phosphoric acid groups is 2. The van der Waals surface area contributed by atoms with Crippen LogP contribution in [0.15, 0.2) is 0 Å². The van der Waals surface area contributed by atoms with Gasteiger partial charge in [-0.15, -0.1) is 0 Å². The third-order valence-electron chi connectivity index (χ3n) is 10.5. The lowest BCUT2D eigenvalue weighted by molar-refractivity contribution is -0.194. The van der Waals surface area contributed by atoms with Gasteiger partial charge in [0, 0.05) is 72.3 Å². The van der Waals surface area contributed by atoms with Crippen LogP contribution in [0.1, 0.15) is 6.92 Å². The van der Waals surface area contributed by atoms with E-state index in [0.29, 0.717) is 0 Å². The van der Waals surface area contributed by atoms with E-state index in [9.17, 15) is 89.9 Å². The van der Waals surface area contributed by atoms with E-state index in [1.165, 1.54) is 28.3 Å². The van der Waals surface area contributed by atoms with E-state index in [1.807, 2.05) is 0 Å². The third kappa shape index (κ3) is 26.8. The number of hydrogen-bond donors (Lipinski definition) is 18. The zero-order valence-electron chi connectivity index (χ0n) is 41.2. The van der Waals surface area contributed by atoms with Gasteiger partial charge in [0.1, 0.15) is 110 Å². The van der Waals surface area contributed by atoms with Crippen molar-refractivity contribution >= 4 is 60.5 Å². The van der Waals surface area contributed by atoms with Crippen LogP contribution in [0.4, 0.5) is 0 Å². The summed E-state index contributed by atoms with van der Waals surface area (Å²) < 4.78 is 97.0. The minimum absolute atomic E-state index is 0.216. The summed E-state index contributed by atoms with van der Waals surface area (Å²) in [6.45, 7) is -2.21. The van der Waals surface area contributed by atoms with Gasteiger partial charge in [-0.1, -0.05) is 0 Å². The lowest BCUT2D eigenvalue weighted by Gasteiger charge is -2.25. The Morgan fingerprint density at radius 3 is 1.19 bits per heavy atom. The molecule has 0 aromatic heterocycles. The van der Waals surface area contributed by atoms with E-state index in [4.69, 9.17) is 52.6 Å². The molecule has 18 N–H and O–H groups in total. The maximum Gasteiger partial charge on any atom is 0.472 e. The molecule has 24 unspecified atom stereocenters. The first kappa shape index (κ1) is 75.9. The third-order valence-corrected chi connectivity index (χ3v) is 13.1. The van der Waals surface area contributed by atoms with E-state index in [-0.39, 0.29) is 13.2 Å². The molecule has 0 bridgehead atoms. The highest BCUT2D eigenvalue weighted by Gasteiger charge is 2.50. The van der Waals surface area contributed by atoms with E-state index >= 15 is 0 Å². The van der Waals surface area contributed by atoms with Crippen molar-refractivity contribution in [2.75, 3.05) is 94.6 Å². The molecule has 3 saturated heterocycles. The van der Waals surface area contributed by atoms with Crippen LogP contribution in [0.2, 0.25) is 0 Å². The van der Waals surface area contributed by atoms with Crippen molar-refractivity contribution in [3.8, 4) is 0 Å². The van der Waals surface area contributed by atoms with Gasteiger partial charge in [-0.2, -0.15) is 0 Å². The van der Waals surface area contributed by atoms with Crippen LogP contribution < -0.4 is 0 Å². The van der Waals surface area contributed by atoms with E-state index in [2.05, 4.69) is 60.3 Å². The van der Waals surface area contributed by atoms with Crippen molar-refractivity contribution in [3.63, 3.8) is 0 Å². The molecule has 452 valence electrons. The quantitative estimate of drug-likeness (QED) is 0.0227. The van der Waals surface area contributed by atoms with Crippen molar-refractivity contribution in [1.82, 2.24) is 0 Å². The largest absolute Gasteiger partial charge is 0.472 e. The van der Waals surface area contributed by atoms with Gasteiger partial charge in [-0.05, 0) is 6.92 Å². The highest BCUT2D eigenvalue weighted by molar-refractivity contribution is 15.0. The van der Waals surface area contributed by atoms with Crippen molar-refractivity contribution in [3.05, 3.63) is 0 Å². The van der Waals surface area contributed by atoms with Gasteiger partial charge in [0.15, 0.2) is 12.6 Å². The van der Waals surface area contributed by atoms with Crippen molar-refractivity contribution in [2.24, 2.45) is 0 Å². The zero-order chi connectivity index (χ0) is 58.2. The molecule has 34 nitrogen and oxygen atoms in total. The number of ether oxygens (including phenoxy) is 8. The summed E-state index contributed by atoms with van der Waals surface area (Å²) >= 11 is 4.24. The molecule has 3 rings (SSSR count). The summed E-state index contributed by atoms with van der Waals surface area (Å²) in [6, 6.07) is 0. The van der Waals surface area contributed by atoms with Gasteiger partial charge >= 0.3 is 23.2 Å². The molecule has 0 saturated carbocycles. The Morgan fingerprint density at radius 2 is 0.827 bits per heavy atom. The number of rotatable bonds is 31. The standard InChI is InChI=1S/C12H25O12P.2C12H25O11P.I2/c1-20-4-6(14)9(16)7(15)5-22-12-10(17)11(8(3-13)23-12)24-25(18,19)21-2;1-20-11-8(3-13)23-12(10(11)17)21-4-6(14)9(16)7(15)5-22-24(2,18)19;1-6-10(16)12(9(3-13)22-6)23-24(18,19)21-5-8(15)11(17)7(14)4-20-2;1-2/h6-17H,3-5H2,1-2H3,(H,18,19);2*6-17H,3-5H2,1-2H3,(H,18,19);. The number of aliphatic hydroxyl groups excluding tert-OH is 15. The fourth-order valence-electron chi connectivity index (χ4n) is 6.45. The molecule has 3 aliphatic heterocycles. The first-order valence-electron chi connectivity index (χ1n) is 21.9. The first-order chi connectivity index (χ1) is 34.9. The molecular formula is C36H75I2O34P3. The lowest BCUT2D eigenvalue weighted by Crippen LogP contribution is -2.44. The highest BCUT2D eigenvalue weighted by atomic mass is 128. The van der Waals surface area contributed by atoms with Gasteiger partial charge < -0.3 is 134 Å². The monoisotopic (exact) mass is 1400 g/mol. The summed E-state index contributed by atoms with van der Waals surface area (Å²) in [6.07, 6.45) is -28.1. The summed E-state index contributed by atoms with van der Waals surface area (Å²) in [5.41, 5.74) is 0. The molecule has 3 aliphatic rings. The Balaban J connectivity index is 0.00000108. The van der Waals surface area contributed by atoms with Crippen LogP contribution in [0.5, 0.6) is 0 Å². The first-order valence-corrected chi connectivity index (χ1v) is 33.2. The molecule has 0 aromatic rings. The number of methoxy groups -OCH3 is 3. The minimum atomic E-state index is -4.73. The smallest absolute Gasteiger partial charge is 0.394 e. The molecule has 75 heavy (non-hydrogen) atoms. The second-order valence-electron chi connectivity index (χ2n) is 16.3. The molecule has 0 spiro atoms. The second-order valence-corrected chi connectivity index (χ2v) is 21.1. The SMILES string of the molecule is COC1C(CO)OC(OCC(O)C(O)C(O)COP(C)(=O)O)C1O.COCC(O)C(O)C(O)COC1OC(CO)C(OP(=O)(O)OC)C1O.COCC(O)C(O)C(O)COP(=O)(O)OC1C(CO)OC(C)C1O.II. The molecule has 0 amide bonds. The van der Waals surface area contributed by atoms with Crippen LogP contribution in [-0.4, -0.2) is 314 Å². The Bertz CT molecular complexity index is 1650. The van der Waals surface area contributed by atoms with Gasteiger partial charge in [-0.3, -0.25) is 22.7 Å². The van der Waals surface area contributed by atoms with E-state index in [0.717, 1.165) is 13.8 Å². The van der Waals surface area contributed by atoms with Crippen LogP contribution >= 0.6 is 60.5 Å². The molecule has 0 aliphatic carbocycles. The van der Waals surface area contributed by atoms with Gasteiger partial charge in [0.05, 0.1) is 65.6 Å². The van der Waals surface area contributed by atoms with Crippen LogP contribution in [-0.2, 0) is 74.2 Å². The maximum absolute atomic E-state index is 11.9. The molecule has 0 radical (unpaired) electrons. The number of aliphatic hydroxyl groups is 15. The highest BCUT2D eigenvalue weighted by Crippen LogP contribution is 2.48. The predicted molar refractivity (Wildman–Crippen MR) is 264 cm³/mol. The Hall–Kier alpha value is 0.910. The van der Waals surface area contributed by atoms with Crippen molar-refractivity contribution in [2.45, 2.75) is 135 Å². The van der Waals surface area contributed by atoms with Crippen LogP contribution in [0.25, 0.3) is 0 Å². The molecule has 0 aromatic carbocycles.